The number of aromatic hydroxyl groups is 1. The summed E-state index contributed by atoms with van der Waals surface area (Å²) in [5, 5.41) is 15.5. The van der Waals surface area contributed by atoms with Crippen LogP contribution in [0.4, 0.5) is 10.5 Å². The van der Waals surface area contributed by atoms with Crippen molar-refractivity contribution in [1.29, 1.82) is 0 Å². The summed E-state index contributed by atoms with van der Waals surface area (Å²) in [5.74, 6) is -0.747. The quantitative estimate of drug-likeness (QED) is 0.319. The van der Waals surface area contributed by atoms with Gasteiger partial charge in [0.1, 0.15) is 23.4 Å². The molecule has 0 saturated heterocycles. The van der Waals surface area contributed by atoms with E-state index in [4.69, 9.17) is 4.74 Å². The van der Waals surface area contributed by atoms with Gasteiger partial charge in [-0.2, -0.15) is 0 Å². The molecule has 0 fully saturated rings. The number of amides is 3. The predicted molar refractivity (Wildman–Crippen MR) is 161 cm³/mol. The number of hydrogen-bond acceptors (Lipinski definition) is 5. The number of likely N-dealkylation sites (N-methyl/N-ethyl adjacent to an activating group) is 1. The Morgan fingerprint density at radius 3 is 2.07 bits per heavy atom. The number of carbonyl (C=O) groups excluding carboxylic acids is 3. The predicted octanol–water partition coefficient (Wildman–Crippen LogP) is 5.90. The number of phenols is 1. The van der Waals surface area contributed by atoms with E-state index in [1.165, 1.54) is 17.0 Å². The second-order valence-electron chi connectivity index (χ2n) is 11.5. The van der Waals surface area contributed by atoms with Crippen LogP contribution in [0.15, 0.2) is 60.7 Å². The second-order valence-corrected chi connectivity index (χ2v) is 11.5. The molecule has 0 saturated carbocycles. The normalized spacial score (nSPS) is 12.7. The number of anilines is 1. The SMILES string of the molecule is Cc1ccc(C(C(=O)Nc2c(C)cccc2C)N(C)C(=O)C(Cc2ccc(O)cc2)NC(=O)OC(C)(C)C)c(C)c1. The van der Waals surface area contributed by atoms with E-state index in [0.717, 1.165) is 22.3 Å². The number of nitrogens with zero attached hydrogens (tertiary/aromatic N) is 1. The third-order valence-corrected chi connectivity index (χ3v) is 6.80. The smallest absolute Gasteiger partial charge is 0.408 e. The van der Waals surface area contributed by atoms with Crippen LogP contribution in [0.1, 0.15) is 60.2 Å². The summed E-state index contributed by atoms with van der Waals surface area (Å²) in [6.07, 6.45) is -0.619. The maximum Gasteiger partial charge on any atom is 0.408 e. The number of aryl methyl sites for hydroxylation is 4. The van der Waals surface area contributed by atoms with Gasteiger partial charge >= 0.3 is 6.09 Å². The second kappa shape index (κ2) is 12.9. The molecule has 2 atom stereocenters. The van der Waals surface area contributed by atoms with Gasteiger partial charge in [-0.1, -0.05) is 54.1 Å². The lowest BCUT2D eigenvalue weighted by molar-refractivity contribution is -0.139. The Labute approximate surface area is 242 Å². The van der Waals surface area contributed by atoms with Crippen LogP contribution < -0.4 is 10.6 Å². The largest absolute Gasteiger partial charge is 0.508 e. The first-order valence-corrected chi connectivity index (χ1v) is 13.6. The van der Waals surface area contributed by atoms with E-state index in [9.17, 15) is 19.5 Å². The number of nitrogens with one attached hydrogen (secondary N) is 2. The zero-order chi connectivity index (χ0) is 30.5. The number of para-hydroxylation sites is 1. The highest BCUT2D eigenvalue weighted by atomic mass is 16.6. The molecule has 3 aromatic carbocycles. The topological polar surface area (TPSA) is 108 Å². The Bertz CT molecular complexity index is 1390. The van der Waals surface area contributed by atoms with Gasteiger partial charge in [0.05, 0.1) is 0 Å². The van der Waals surface area contributed by atoms with Gasteiger partial charge in [0.15, 0.2) is 0 Å². The molecule has 41 heavy (non-hydrogen) atoms. The Morgan fingerprint density at radius 2 is 1.51 bits per heavy atom. The van der Waals surface area contributed by atoms with Crippen molar-refractivity contribution in [2.75, 3.05) is 12.4 Å². The Balaban J connectivity index is 2.02. The summed E-state index contributed by atoms with van der Waals surface area (Å²) in [5.41, 5.74) is 5.03. The van der Waals surface area contributed by atoms with E-state index in [1.54, 1.807) is 40.0 Å². The number of hydrogen-bond donors (Lipinski definition) is 3. The molecule has 0 aromatic heterocycles. The van der Waals surface area contributed by atoms with Crippen LogP contribution >= 0.6 is 0 Å². The zero-order valence-electron chi connectivity index (χ0n) is 25.2. The fraction of sp³-hybridized carbons (Fsp3) is 0.364. The zero-order valence-corrected chi connectivity index (χ0v) is 25.2. The average Bonchev–Trinajstić information content (AvgIpc) is 2.87. The molecule has 2 unspecified atom stereocenters. The fourth-order valence-corrected chi connectivity index (χ4v) is 4.75. The van der Waals surface area contributed by atoms with Gasteiger partial charge in [0.25, 0.3) is 5.91 Å². The minimum Gasteiger partial charge on any atom is -0.508 e. The highest BCUT2D eigenvalue weighted by molar-refractivity contribution is 6.00. The first-order valence-electron chi connectivity index (χ1n) is 13.6. The van der Waals surface area contributed by atoms with Gasteiger partial charge in [-0.05, 0) is 88.4 Å². The maximum atomic E-state index is 14.1. The molecule has 0 radical (unpaired) electrons. The number of rotatable bonds is 8. The Hall–Kier alpha value is -4.33. The standard InChI is InChI=1S/C33H41N3O5/c1-20-12-17-26(23(4)18-20)29(30(38)35-28-21(2)10-9-11-22(28)3)36(8)31(39)27(34-32(40)41-33(5,6)7)19-24-13-15-25(37)16-14-24/h9-18,27,29,37H,19H2,1-8H3,(H,34,40)(H,35,38). The Morgan fingerprint density at radius 1 is 0.902 bits per heavy atom. The van der Waals surface area contributed by atoms with Crippen LogP contribution in [0.2, 0.25) is 0 Å². The summed E-state index contributed by atoms with van der Waals surface area (Å²) in [7, 11) is 1.57. The monoisotopic (exact) mass is 559 g/mol. The molecule has 3 amide bonds. The van der Waals surface area contributed by atoms with Crippen molar-refractivity contribution >= 4 is 23.6 Å². The van der Waals surface area contributed by atoms with Crippen molar-refractivity contribution in [2.45, 2.75) is 72.6 Å². The van der Waals surface area contributed by atoms with Crippen molar-refractivity contribution in [3.63, 3.8) is 0 Å². The van der Waals surface area contributed by atoms with Crippen molar-refractivity contribution in [3.05, 3.63) is 94.0 Å². The van der Waals surface area contributed by atoms with Gasteiger partial charge in [-0.3, -0.25) is 9.59 Å². The van der Waals surface area contributed by atoms with Gasteiger partial charge in [-0.25, -0.2) is 4.79 Å². The molecule has 3 N–H and O–H groups in total. The minimum atomic E-state index is -1.04. The van der Waals surface area contributed by atoms with Gasteiger partial charge < -0.3 is 25.4 Å². The molecule has 0 aliphatic carbocycles. The number of benzene rings is 3. The summed E-state index contributed by atoms with van der Waals surface area (Å²) in [4.78, 5) is 42.3. The lowest BCUT2D eigenvalue weighted by Gasteiger charge is -2.32. The summed E-state index contributed by atoms with van der Waals surface area (Å²) in [6.45, 7) is 12.9. The number of carbonyl (C=O) groups is 3. The molecular weight excluding hydrogens is 518 g/mol. The van der Waals surface area contributed by atoms with Gasteiger partial charge in [-0.15, -0.1) is 0 Å². The third kappa shape index (κ3) is 8.33. The molecular formula is C33H41N3O5. The van der Waals surface area contributed by atoms with Crippen molar-refractivity contribution in [2.24, 2.45) is 0 Å². The first-order chi connectivity index (χ1) is 19.2. The third-order valence-electron chi connectivity index (χ3n) is 6.80. The van der Waals surface area contributed by atoms with Crippen LogP contribution in [0.25, 0.3) is 0 Å². The molecule has 3 rings (SSSR count). The van der Waals surface area contributed by atoms with E-state index in [0.29, 0.717) is 16.8 Å². The molecule has 0 aliphatic heterocycles. The Kier molecular flexibility index (Phi) is 9.81. The van der Waals surface area contributed by atoms with Crippen LogP contribution in [-0.2, 0) is 20.7 Å². The first kappa shape index (κ1) is 31.2. The lowest BCUT2D eigenvalue weighted by Crippen LogP contribution is -2.52. The summed E-state index contributed by atoms with van der Waals surface area (Å²) >= 11 is 0. The molecule has 8 heteroatoms. The highest BCUT2D eigenvalue weighted by Crippen LogP contribution is 2.29. The molecule has 218 valence electrons. The fourth-order valence-electron chi connectivity index (χ4n) is 4.75. The summed E-state index contributed by atoms with van der Waals surface area (Å²) in [6, 6.07) is 15.9. The van der Waals surface area contributed by atoms with Gasteiger partial charge in [0.2, 0.25) is 5.91 Å². The van der Waals surface area contributed by atoms with E-state index < -0.39 is 29.7 Å². The number of alkyl carbamates (subject to hydrolysis) is 1. The average molecular weight is 560 g/mol. The highest BCUT2D eigenvalue weighted by Gasteiger charge is 2.35. The van der Waals surface area contributed by atoms with E-state index in [-0.39, 0.29) is 18.1 Å². The van der Waals surface area contributed by atoms with Crippen molar-refractivity contribution in [3.8, 4) is 5.75 Å². The minimum absolute atomic E-state index is 0.0897. The van der Waals surface area contributed by atoms with E-state index in [1.807, 2.05) is 64.1 Å². The van der Waals surface area contributed by atoms with Crippen LogP contribution in [0, 0.1) is 27.7 Å². The van der Waals surface area contributed by atoms with E-state index >= 15 is 0 Å². The van der Waals surface area contributed by atoms with Crippen LogP contribution in [0.5, 0.6) is 5.75 Å². The molecule has 0 heterocycles. The van der Waals surface area contributed by atoms with Crippen LogP contribution in [-0.4, -0.2) is 46.6 Å². The number of phenolic OH excluding ortho intramolecular Hbond substituents is 1. The maximum absolute atomic E-state index is 14.1. The number of ether oxygens (including phenoxy) is 1. The lowest BCUT2D eigenvalue weighted by atomic mass is 9.96. The molecule has 0 spiro atoms. The van der Waals surface area contributed by atoms with Crippen molar-refractivity contribution < 1.29 is 24.2 Å². The summed E-state index contributed by atoms with van der Waals surface area (Å²) < 4.78 is 5.45. The van der Waals surface area contributed by atoms with E-state index in [2.05, 4.69) is 10.6 Å². The molecule has 3 aromatic rings. The molecule has 0 aliphatic rings. The van der Waals surface area contributed by atoms with Crippen molar-refractivity contribution in [1.82, 2.24) is 10.2 Å². The molecule has 8 nitrogen and oxygen atoms in total. The van der Waals surface area contributed by atoms with Gasteiger partial charge in [0, 0.05) is 19.2 Å². The van der Waals surface area contributed by atoms with Crippen LogP contribution in [0.3, 0.4) is 0 Å². The molecule has 0 bridgehead atoms.